The van der Waals surface area contributed by atoms with Crippen molar-refractivity contribution in [1.29, 1.82) is 0 Å². The first kappa shape index (κ1) is 16.3. The van der Waals surface area contributed by atoms with Crippen LogP contribution in [0.15, 0.2) is 24.3 Å². The van der Waals surface area contributed by atoms with Gasteiger partial charge < -0.3 is 14.8 Å². The van der Waals surface area contributed by atoms with Crippen LogP contribution in [0, 0.1) is 0 Å². The molecule has 0 aromatic heterocycles. The average Bonchev–Trinajstić information content (AvgIpc) is 2.47. The summed E-state index contributed by atoms with van der Waals surface area (Å²) < 4.78 is 11.5. The van der Waals surface area contributed by atoms with Crippen LogP contribution in [0.1, 0.15) is 32.4 Å². The number of ether oxygens (including phenoxy) is 2. The molecule has 4 nitrogen and oxygen atoms in total. The quantitative estimate of drug-likeness (QED) is 0.873. The number of likely N-dealkylation sites (N-methyl/N-ethyl adjacent to an activating group) is 1. The molecule has 1 N–H and O–H groups in total. The Hall–Kier alpha value is -1.10. The van der Waals surface area contributed by atoms with Crippen LogP contribution in [0.4, 0.5) is 0 Å². The monoisotopic (exact) mass is 292 g/mol. The molecular weight excluding hydrogens is 264 g/mol. The Morgan fingerprint density at radius 2 is 2.00 bits per heavy atom. The highest BCUT2D eigenvalue weighted by Gasteiger charge is 2.24. The van der Waals surface area contributed by atoms with Crippen molar-refractivity contribution < 1.29 is 9.47 Å². The van der Waals surface area contributed by atoms with Crippen LogP contribution in [0.5, 0.6) is 5.75 Å². The summed E-state index contributed by atoms with van der Waals surface area (Å²) in [6.45, 7) is 10.0. The summed E-state index contributed by atoms with van der Waals surface area (Å²) in [5, 5.41) is 3.19. The van der Waals surface area contributed by atoms with Gasteiger partial charge >= 0.3 is 0 Å². The van der Waals surface area contributed by atoms with Crippen molar-refractivity contribution in [2.45, 2.75) is 39.0 Å². The Morgan fingerprint density at radius 3 is 2.62 bits per heavy atom. The van der Waals surface area contributed by atoms with Crippen LogP contribution in [0.2, 0.25) is 0 Å². The largest absolute Gasteiger partial charge is 0.491 e. The van der Waals surface area contributed by atoms with Gasteiger partial charge in [0.1, 0.15) is 5.75 Å². The highest BCUT2D eigenvalue weighted by atomic mass is 16.5. The van der Waals surface area contributed by atoms with Gasteiger partial charge in [0.15, 0.2) is 0 Å². The first-order valence-electron chi connectivity index (χ1n) is 7.87. The molecule has 21 heavy (non-hydrogen) atoms. The maximum atomic E-state index is 5.77. The van der Waals surface area contributed by atoms with Gasteiger partial charge in [-0.1, -0.05) is 12.1 Å². The second-order valence-corrected chi connectivity index (χ2v) is 5.96. The zero-order valence-corrected chi connectivity index (χ0v) is 13.6. The lowest BCUT2D eigenvalue weighted by molar-refractivity contribution is -0.0393. The SMILES string of the molecule is CNCC1CN(C(C)c2ccc(OC(C)C)cc2)CCO1. The molecule has 0 bridgehead atoms. The predicted molar refractivity (Wildman–Crippen MR) is 85.9 cm³/mol. The maximum absolute atomic E-state index is 5.77. The fourth-order valence-electron chi connectivity index (χ4n) is 2.75. The lowest BCUT2D eigenvalue weighted by Crippen LogP contribution is -2.46. The number of nitrogens with one attached hydrogen (secondary N) is 1. The molecule has 0 amide bonds. The zero-order valence-electron chi connectivity index (χ0n) is 13.6. The van der Waals surface area contributed by atoms with Gasteiger partial charge in [0.2, 0.25) is 0 Å². The number of morpholine rings is 1. The lowest BCUT2D eigenvalue weighted by atomic mass is 10.1. The van der Waals surface area contributed by atoms with Crippen molar-refractivity contribution in [2.75, 3.05) is 33.3 Å². The summed E-state index contributed by atoms with van der Waals surface area (Å²) in [5.74, 6) is 0.941. The van der Waals surface area contributed by atoms with Crippen LogP contribution in [0.3, 0.4) is 0 Å². The van der Waals surface area contributed by atoms with Crippen molar-refractivity contribution in [3.63, 3.8) is 0 Å². The van der Waals surface area contributed by atoms with Crippen LogP contribution < -0.4 is 10.1 Å². The highest BCUT2D eigenvalue weighted by molar-refractivity contribution is 5.29. The Bertz CT molecular complexity index is 417. The summed E-state index contributed by atoms with van der Waals surface area (Å²) in [7, 11) is 1.97. The molecule has 1 heterocycles. The van der Waals surface area contributed by atoms with E-state index < -0.39 is 0 Å². The van der Waals surface area contributed by atoms with E-state index >= 15 is 0 Å². The Balaban J connectivity index is 1.97. The lowest BCUT2D eigenvalue weighted by Gasteiger charge is -2.37. The van der Waals surface area contributed by atoms with Crippen LogP contribution in [0.25, 0.3) is 0 Å². The molecule has 1 aliphatic heterocycles. The molecule has 1 aliphatic rings. The van der Waals surface area contributed by atoms with E-state index in [2.05, 4.69) is 41.4 Å². The molecule has 0 spiro atoms. The molecular formula is C17H28N2O2. The highest BCUT2D eigenvalue weighted by Crippen LogP contribution is 2.24. The summed E-state index contributed by atoms with van der Waals surface area (Å²) in [6.07, 6.45) is 0.504. The molecule has 0 radical (unpaired) electrons. The Kier molecular flexibility index (Phi) is 6.03. The topological polar surface area (TPSA) is 33.7 Å². The van der Waals surface area contributed by atoms with Crippen molar-refractivity contribution in [3.05, 3.63) is 29.8 Å². The maximum Gasteiger partial charge on any atom is 0.119 e. The first-order chi connectivity index (χ1) is 10.1. The minimum absolute atomic E-state index is 0.217. The van der Waals surface area contributed by atoms with Gasteiger partial charge in [-0.15, -0.1) is 0 Å². The van der Waals surface area contributed by atoms with Crippen molar-refractivity contribution in [3.8, 4) is 5.75 Å². The van der Waals surface area contributed by atoms with E-state index in [1.807, 2.05) is 20.9 Å². The molecule has 1 fully saturated rings. The summed E-state index contributed by atoms with van der Waals surface area (Å²) >= 11 is 0. The summed E-state index contributed by atoms with van der Waals surface area (Å²) in [5.41, 5.74) is 1.33. The molecule has 2 unspecified atom stereocenters. The standard InChI is InChI=1S/C17H28N2O2/c1-13(2)21-16-7-5-15(6-8-16)14(3)19-9-10-20-17(12-19)11-18-4/h5-8,13-14,17-18H,9-12H2,1-4H3. The predicted octanol–water partition coefficient (Wildman–Crippen LogP) is 2.46. The third-order valence-corrected chi connectivity index (χ3v) is 3.88. The number of rotatable bonds is 6. The van der Waals surface area contributed by atoms with Crippen molar-refractivity contribution in [1.82, 2.24) is 10.2 Å². The second-order valence-electron chi connectivity index (χ2n) is 5.96. The fourth-order valence-corrected chi connectivity index (χ4v) is 2.75. The minimum atomic E-state index is 0.217. The first-order valence-corrected chi connectivity index (χ1v) is 7.87. The molecule has 2 rings (SSSR count). The van der Waals surface area contributed by atoms with E-state index in [-0.39, 0.29) is 12.2 Å². The molecule has 0 saturated carbocycles. The van der Waals surface area contributed by atoms with Gasteiger partial charge in [-0.25, -0.2) is 0 Å². The number of hydrogen-bond acceptors (Lipinski definition) is 4. The molecule has 118 valence electrons. The zero-order chi connectivity index (χ0) is 15.2. The molecule has 0 aliphatic carbocycles. The normalized spacial score (nSPS) is 21.5. The van der Waals surface area contributed by atoms with Crippen molar-refractivity contribution in [2.24, 2.45) is 0 Å². The van der Waals surface area contributed by atoms with Gasteiger partial charge in [0.05, 0.1) is 18.8 Å². The van der Waals surface area contributed by atoms with E-state index in [1.54, 1.807) is 0 Å². The summed E-state index contributed by atoms with van der Waals surface area (Å²) in [6, 6.07) is 8.88. The number of benzene rings is 1. The molecule has 1 aromatic carbocycles. The van der Waals surface area contributed by atoms with E-state index in [0.29, 0.717) is 6.04 Å². The minimum Gasteiger partial charge on any atom is -0.491 e. The third kappa shape index (κ3) is 4.70. The average molecular weight is 292 g/mol. The number of hydrogen-bond donors (Lipinski definition) is 1. The van der Waals surface area contributed by atoms with Gasteiger partial charge in [0.25, 0.3) is 0 Å². The van der Waals surface area contributed by atoms with Gasteiger partial charge in [-0.05, 0) is 45.5 Å². The number of nitrogens with zero attached hydrogens (tertiary/aromatic N) is 1. The molecule has 4 heteroatoms. The summed E-state index contributed by atoms with van der Waals surface area (Å²) in [4.78, 5) is 2.49. The van der Waals surface area contributed by atoms with E-state index in [9.17, 15) is 0 Å². The Labute approximate surface area is 128 Å². The van der Waals surface area contributed by atoms with Crippen molar-refractivity contribution >= 4 is 0 Å². The van der Waals surface area contributed by atoms with E-state index in [0.717, 1.165) is 32.0 Å². The molecule has 1 saturated heterocycles. The van der Waals surface area contributed by atoms with E-state index in [4.69, 9.17) is 9.47 Å². The van der Waals surface area contributed by atoms with Crippen LogP contribution in [-0.4, -0.2) is 50.4 Å². The molecule has 1 aromatic rings. The smallest absolute Gasteiger partial charge is 0.119 e. The molecule has 2 atom stereocenters. The van der Waals surface area contributed by atoms with E-state index in [1.165, 1.54) is 5.56 Å². The van der Waals surface area contributed by atoms with Crippen LogP contribution >= 0.6 is 0 Å². The Morgan fingerprint density at radius 1 is 1.29 bits per heavy atom. The fraction of sp³-hybridized carbons (Fsp3) is 0.647. The third-order valence-electron chi connectivity index (χ3n) is 3.88. The van der Waals surface area contributed by atoms with Gasteiger partial charge in [-0.3, -0.25) is 4.90 Å². The van der Waals surface area contributed by atoms with Gasteiger partial charge in [0, 0.05) is 25.7 Å². The van der Waals surface area contributed by atoms with Crippen LogP contribution in [-0.2, 0) is 4.74 Å². The van der Waals surface area contributed by atoms with Gasteiger partial charge in [-0.2, -0.15) is 0 Å². The second kappa shape index (κ2) is 7.78.